The molecule has 0 saturated heterocycles. The molecule has 3 rings (SSSR count). The first-order chi connectivity index (χ1) is 11.8. The normalized spacial score (nSPS) is 18.6. The molecule has 1 atom stereocenters. The van der Waals surface area contributed by atoms with Gasteiger partial charge < -0.3 is 0 Å². The van der Waals surface area contributed by atoms with Crippen molar-refractivity contribution < 1.29 is 18.4 Å². The van der Waals surface area contributed by atoms with Gasteiger partial charge in [0.25, 0.3) is 0 Å². The topological polar surface area (TPSA) is 83.5 Å². The molecule has 2 N–H and O–H groups in total. The van der Waals surface area contributed by atoms with Crippen LogP contribution in [0.2, 0.25) is 4.71 Å². The number of hydrogen-bond donors (Lipinski definition) is 2. The van der Waals surface area contributed by atoms with Crippen molar-refractivity contribution in [3.05, 3.63) is 34.9 Å². The molecule has 1 unspecified atom stereocenters. The SMILES string of the molecule is CC(C)C([As]S(=O)(=O)c1ccc2c(c1)CC1=C2CCCC1)C(=O)NO. The fourth-order valence-electron chi connectivity index (χ4n) is 3.64. The van der Waals surface area contributed by atoms with Crippen LogP contribution in [0.5, 0.6) is 0 Å². The van der Waals surface area contributed by atoms with Crippen LogP contribution in [0.1, 0.15) is 50.7 Å². The average Bonchev–Trinajstić information content (AvgIpc) is 2.96. The first-order valence-electron chi connectivity index (χ1n) is 8.58. The van der Waals surface area contributed by atoms with E-state index in [-0.39, 0.29) is 5.92 Å². The Kier molecular flexibility index (Phi) is 5.42. The van der Waals surface area contributed by atoms with Crippen molar-refractivity contribution in [1.29, 1.82) is 0 Å². The Bertz CT molecular complexity index is 829. The quantitative estimate of drug-likeness (QED) is 0.433. The predicted octanol–water partition coefficient (Wildman–Crippen LogP) is 2.91. The van der Waals surface area contributed by atoms with Gasteiger partial charge in [0, 0.05) is 0 Å². The molecule has 2 aliphatic carbocycles. The monoisotopic (exact) mass is 424 g/mol. The first kappa shape index (κ1) is 18.7. The number of hydrogen-bond acceptors (Lipinski definition) is 4. The Morgan fingerprint density at radius 1 is 1.24 bits per heavy atom. The summed E-state index contributed by atoms with van der Waals surface area (Å²) in [5.41, 5.74) is 6.79. The molecule has 1 amide bonds. The molecule has 7 heteroatoms. The van der Waals surface area contributed by atoms with Crippen molar-refractivity contribution >= 4 is 34.2 Å². The molecular weight excluding hydrogens is 401 g/mol. The summed E-state index contributed by atoms with van der Waals surface area (Å²) >= 11 is -1.32. The van der Waals surface area contributed by atoms with Crippen LogP contribution in [0, 0.1) is 5.92 Å². The first-order valence-corrected chi connectivity index (χ1v) is 13.4. The second-order valence-corrected chi connectivity index (χ2v) is 14.2. The van der Waals surface area contributed by atoms with Gasteiger partial charge in [0.15, 0.2) is 0 Å². The summed E-state index contributed by atoms with van der Waals surface area (Å²) in [5.74, 6) is -0.762. The van der Waals surface area contributed by atoms with Crippen molar-refractivity contribution in [2.24, 2.45) is 5.92 Å². The summed E-state index contributed by atoms with van der Waals surface area (Å²) in [5, 5.41) is 8.88. The maximum absolute atomic E-state index is 12.8. The van der Waals surface area contributed by atoms with Crippen molar-refractivity contribution in [3.63, 3.8) is 0 Å². The minimum atomic E-state index is -3.51. The van der Waals surface area contributed by atoms with Crippen LogP contribution < -0.4 is 5.48 Å². The second-order valence-electron chi connectivity index (χ2n) is 7.03. The zero-order valence-electron chi connectivity index (χ0n) is 14.4. The van der Waals surface area contributed by atoms with Gasteiger partial charge in [-0.25, -0.2) is 0 Å². The molecule has 0 spiro atoms. The number of carbonyl (C=O) groups excluding carboxylic acids is 1. The number of hydroxylamine groups is 1. The van der Waals surface area contributed by atoms with E-state index in [4.69, 9.17) is 5.21 Å². The van der Waals surface area contributed by atoms with E-state index in [0.29, 0.717) is 4.90 Å². The Morgan fingerprint density at radius 2 is 1.96 bits per heavy atom. The van der Waals surface area contributed by atoms with Crippen molar-refractivity contribution in [3.8, 4) is 0 Å². The van der Waals surface area contributed by atoms with E-state index in [9.17, 15) is 13.2 Å². The molecule has 1 aromatic rings. The zero-order chi connectivity index (χ0) is 18.2. The van der Waals surface area contributed by atoms with Crippen LogP contribution in [-0.2, 0) is 19.3 Å². The molecule has 0 saturated carbocycles. The van der Waals surface area contributed by atoms with Gasteiger partial charge in [-0.3, -0.25) is 0 Å². The van der Waals surface area contributed by atoms with Gasteiger partial charge in [0.2, 0.25) is 0 Å². The van der Waals surface area contributed by atoms with Gasteiger partial charge in [-0.05, 0) is 0 Å². The molecule has 25 heavy (non-hydrogen) atoms. The number of nitrogens with one attached hydrogen (secondary N) is 1. The average molecular weight is 424 g/mol. The van der Waals surface area contributed by atoms with Crippen LogP contribution in [0.15, 0.2) is 28.7 Å². The van der Waals surface area contributed by atoms with Gasteiger partial charge in [0.05, 0.1) is 0 Å². The van der Waals surface area contributed by atoms with E-state index in [1.807, 2.05) is 6.07 Å². The maximum atomic E-state index is 12.8. The van der Waals surface area contributed by atoms with Gasteiger partial charge in [-0.15, -0.1) is 0 Å². The van der Waals surface area contributed by atoms with Gasteiger partial charge >= 0.3 is 154 Å². The summed E-state index contributed by atoms with van der Waals surface area (Å²) in [4.78, 5) is 12.1. The molecule has 1 aromatic carbocycles. The molecule has 0 aliphatic heterocycles. The number of allylic oxidation sites excluding steroid dienone is 2. The van der Waals surface area contributed by atoms with Crippen LogP contribution in [0.25, 0.3) is 5.57 Å². The van der Waals surface area contributed by atoms with Gasteiger partial charge in [0.1, 0.15) is 0 Å². The van der Waals surface area contributed by atoms with Gasteiger partial charge in [-0.2, -0.15) is 0 Å². The molecule has 135 valence electrons. The fraction of sp³-hybridized carbons (Fsp3) is 0.500. The van der Waals surface area contributed by atoms with Crippen LogP contribution in [0.4, 0.5) is 0 Å². The molecule has 0 aromatic heterocycles. The van der Waals surface area contributed by atoms with E-state index in [0.717, 1.165) is 24.8 Å². The Morgan fingerprint density at radius 3 is 2.64 bits per heavy atom. The van der Waals surface area contributed by atoms with Crippen molar-refractivity contribution in [2.45, 2.75) is 55.6 Å². The molecule has 1 radical (unpaired) electrons. The third-order valence-electron chi connectivity index (χ3n) is 4.95. The minimum absolute atomic E-state index is 0.148. The molecular formula is C18H23AsNO4S. The summed E-state index contributed by atoms with van der Waals surface area (Å²) in [6.45, 7) is 3.59. The van der Waals surface area contributed by atoms with E-state index in [1.54, 1.807) is 31.5 Å². The van der Waals surface area contributed by atoms with E-state index in [1.165, 1.54) is 29.6 Å². The summed E-state index contributed by atoms with van der Waals surface area (Å²) in [6.07, 6.45) is 5.48. The van der Waals surface area contributed by atoms with E-state index >= 15 is 0 Å². The van der Waals surface area contributed by atoms with E-state index < -0.39 is 33.3 Å². The third-order valence-corrected chi connectivity index (χ3v) is 12.5. The molecule has 5 nitrogen and oxygen atoms in total. The van der Waals surface area contributed by atoms with Crippen molar-refractivity contribution in [2.75, 3.05) is 0 Å². The Labute approximate surface area is 154 Å². The van der Waals surface area contributed by atoms with Crippen molar-refractivity contribution in [1.82, 2.24) is 5.48 Å². The van der Waals surface area contributed by atoms with Crippen LogP contribution in [-0.4, -0.2) is 34.1 Å². The molecule has 0 fully saturated rings. The Balaban J connectivity index is 1.87. The van der Waals surface area contributed by atoms with Gasteiger partial charge in [-0.1, -0.05) is 0 Å². The fourth-order valence-corrected chi connectivity index (χ4v) is 10.5. The third kappa shape index (κ3) is 3.71. The summed E-state index contributed by atoms with van der Waals surface area (Å²) in [6, 6.07) is 5.42. The Hall–Kier alpha value is -1.10. The predicted molar refractivity (Wildman–Crippen MR) is 97.0 cm³/mol. The summed E-state index contributed by atoms with van der Waals surface area (Å²) in [7, 11) is -3.51. The van der Waals surface area contributed by atoms with Crippen LogP contribution in [0.3, 0.4) is 0 Å². The number of amides is 1. The molecule has 0 bridgehead atoms. The van der Waals surface area contributed by atoms with Crippen LogP contribution >= 0.6 is 0 Å². The molecule has 0 heterocycles. The molecule has 2 aliphatic rings. The standard InChI is InChI=1S/C18H23AsNO4S/c1-11(2)17(18(21)20-22)19-25(23,24)14-7-8-16-13(10-14)9-12-5-3-4-6-15(12)16/h7-8,10-11,17,22H,3-6,9H2,1-2H3,(H,20,21). The zero-order valence-corrected chi connectivity index (χ0v) is 17.1. The van der Waals surface area contributed by atoms with E-state index in [2.05, 4.69) is 0 Å². The second kappa shape index (κ2) is 7.26. The number of benzene rings is 1. The number of rotatable bonds is 5. The summed E-state index contributed by atoms with van der Waals surface area (Å²) < 4.78 is 25.0. The number of carbonyl (C=O) groups is 1. The number of fused-ring (bicyclic) bond motifs is 2.